The van der Waals surface area contributed by atoms with Crippen LogP contribution in [0.25, 0.3) is 0 Å². The van der Waals surface area contributed by atoms with Crippen LogP contribution in [-0.2, 0) is 21.3 Å². The van der Waals surface area contributed by atoms with Gasteiger partial charge in [-0.3, -0.25) is 4.31 Å². The van der Waals surface area contributed by atoms with Crippen LogP contribution in [0.2, 0.25) is 0 Å². The molecular formula is C23H29FN2O4S. The first-order valence-electron chi connectivity index (χ1n) is 10.4. The molecule has 0 unspecified atom stereocenters. The van der Waals surface area contributed by atoms with E-state index in [1.165, 1.54) is 23.5 Å². The molecule has 1 saturated heterocycles. The monoisotopic (exact) mass is 448 g/mol. The van der Waals surface area contributed by atoms with Gasteiger partial charge >= 0.3 is 5.97 Å². The average molecular weight is 449 g/mol. The van der Waals surface area contributed by atoms with Gasteiger partial charge in [-0.2, -0.15) is 0 Å². The van der Waals surface area contributed by atoms with Crippen molar-refractivity contribution in [2.45, 2.75) is 32.2 Å². The predicted molar refractivity (Wildman–Crippen MR) is 119 cm³/mol. The van der Waals surface area contributed by atoms with Gasteiger partial charge in [-0.05, 0) is 75.6 Å². The molecule has 1 aliphatic heterocycles. The standard InChI is InChI=1S/C23H29FN2O4S/c1-4-31(28,29)26(16-20-9-8-19(15-22(20)24)23(27)30-3)21-7-5-6-18(14-21)17-10-12-25(2)13-11-17/h5-9,14-15,17H,4,10-13,16H2,1-3H3. The lowest BCUT2D eigenvalue weighted by molar-refractivity contribution is 0.0600. The predicted octanol–water partition coefficient (Wildman–Crippen LogP) is 3.78. The summed E-state index contributed by atoms with van der Waals surface area (Å²) in [5.41, 5.74) is 1.89. The smallest absolute Gasteiger partial charge is 0.337 e. The van der Waals surface area contributed by atoms with E-state index in [4.69, 9.17) is 0 Å². The van der Waals surface area contributed by atoms with Gasteiger partial charge in [0, 0.05) is 5.56 Å². The summed E-state index contributed by atoms with van der Waals surface area (Å²) in [7, 11) is -0.326. The zero-order chi connectivity index (χ0) is 22.6. The molecule has 0 amide bonds. The Bertz CT molecular complexity index is 1030. The molecule has 0 saturated carbocycles. The van der Waals surface area contributed by atoms with Crippen molar-refractivity contribution in [3.05, 3.63) is 65.0 Å². The molecule has 1 aliphatic rings. The molecule has 2 aromatic rings. The fraction of sp³-hybridized carbons (Fsp3) is 0.435. The molecule has 0 N–H and O–H groups in total. The number of methoxy groups -OCH3 is 1. The minimum absolute atomic E-state index is 0.0814. The topological polar surface area (TPSA) is 66.9 Å². The number of halogens is 1. The Morgan fingerprint density at radius 1 is 1.19 bits per heavy atom. The Hall–Kier alpha value is -2.45. The van der Waals surface area contributed by atoms with Crippen LogP contribution < -0.4 is 4.31 Å². The van der Waals surface area contributed by atoms with E-state index < -0.39 is 21.8 Å². The van der Waals surface area contributed by atoms with Crippen molar-refractivity contribution in [3.8, 4) is 0 Å². The largest absolute Gasteiger partial charge is 0.465 e. The van der Waals surface area contributed by atoms with Gasteiger partial charge in [0.25, 0.3) is 0 Å². The summed E-state index contributed by atoms with van der Waals surface area (Å²) in [4.78, 5) is 13.9. The normalized spacial score (nSPS) is 15.6. The van der Waals surface area contributed by atoms with Crippen LogP contribution in [0.15, 0.2) is 42.5 Å². The van der Waals surface area contributed by atoms with Gasteiger partial charge < -0.3 is 9.64 Å². The Labute approximate surface area is 183 Å². The summed E-state index contributed by atoms with van der Waals surface area (Å²) in [6.45, 7) is 3.42. The van der Waals surface area contributed by atoms with Crippen molar-refractivity contribution in [3.63, 3.8) is 0 Å². The number of anilines is 1. The minimum Gasteiger partial charge on any atom is -0.465 e. The van der Waals surface area contributed by atoms with E-state index in [0.29, 0.717) is 11.6 Å². The molecule has 8 heteroatoms. The number of carbonyl (C=O) groups excluding carboxylic acids is 1. The second-order valence-corrected chi connectivity index (χ2v) is 10.1. The summed E-state index contributed by atoms with van der Waals surface area (Å²) >= 11 is 0. The van der Waals surface area contributed by atoms with E-state index in [0.717, 1.165) is 37.6 Å². The highest BCUT2D eigenvalue weighted by Gasteiger charge is 2.25. The quantitative estimate of drug-likeness (QED) is 0.603. The molecule has 0 radical (unpaired) electrons. The van der Waals surface area contributed by atoms with E-state index in [1.54, 1.807) is 13.0 Å². The number of benzene rings is 2. The number of rotatable bonds is 7. The molecule has 0 bridgehead atoms. The van der Waals surface area contributed by atoms with E-state index in [1.807, 2.05) is 18.2 Å². The maximum Gasteiger partial charge on any atom is 0.337 e. The Balaban J connectivity index is 1.92. The van der Waals surface area contributed by atoms with E-state index in [2.05, 4.69) is 16.7 Å². The molecule has 168 valence electrons. The van der Waals surface area contributed by atoms with Crippen LogP contribution in [0.5, 0.6) is 0 Å². The lowest BCUT2D eigenvalue weighted by Crippen LogP contribution is -2.32. The molecule has 3 rings (SSSR count). The van der Waals surface area contributed by atoms with Gasteiger partial charge in [-0.1, -0.05) is 18.2 Å². The molecule has 0 atom stereocenters. The third kappa shape index (κ3) is 5.43. The highest BCUT2D eigenvalue weighted by molar-refractivity contribution is 7.92. The summed E-state index contributed by atoms with van der Waals surface area (Å²) in [5, 5.41) is 0. The maximum atomic E-state index is 14.7. The highest BCUT2D eigenvalue weighted by atomic mass is 32.2. The molecular weight excluding hydrogens is 419 g/mol. The number of hydrogen-bond donors (Lipinski definition) is 0. The van der Waals surface area contributed by atoms with Crippen LogP contribution in [0, 0.1) is 5.82 Å². The average Bonchev–Trinajstić information content (AvgIpc) is 2.78. The van der Waals surface area contributed by atoms with Gasteiger partial charge in [0.15, 0.2) is 0 Å². The number of esters is 1. The summed E-state index contributed by atoms with van der Waals surface area (Å²) < 4.78 is 46.3. The minimum atomic E-state index is -3.65. The van der Waals surface area contributed by atoms with E-state index in [-0.39, 0.29) is 23.4 Å². The number of carbonyl (C=O) groups is 1. The van der Waals surface area contributed by atoms with Gasteiger partial charge in [0.1, 0.15) is 5.82 Å². The SMILES string of the molecule is CCS(=O)(=O)N(Cc1ccc(C(=O)OC)cc1F)c1cccc(C2CCN(C)CC2)c1. The van der Waals surface area contributed by atoms with Crippen molar-refractivity contribution in [2.75, 3.05) is 37.3 Å². The third-order valence-corrected chi connectivity index (χ3v) is 7.58. The number of hydrogen-bond acceptors (Lipinski definition) is 5. The van der Waals surface area contributed by atoms with Gasteiger partial charge in [-0.25, -0.2) is 17.6 Å². The zero-order valence-electron chi connectivity index (χ0n) is 18.2. The number of likely N-dealkylation sites (tertiary alicyclic amines) is 1. The summed E-state index contributed by atoms with van der Waals surface area (Å²) in [6.07, 6.45) is 2.04. The number of nitrogens with zero attached hydrogens (tertiary/aromatic N) is 2. The Kier molecular flexibility index (Phi) is 7.33. The first-order chi connectivity index (χ1) is 14.7. The molecule has 1 fully saturated rings. The second kappa shape index (κ2) is 9.78. The van der Waals surface area contributed by atoms with Crippen molar-refractivity contribution in [1.82, 2.24) is 4.90 Å². The van der Waals surface area contributed by atoms with Crippen LogP contribution in [0.1, 0.15) is 47.2 Å². The third-order valence-electron chi connectivity index (χ3n) is 5.84. The van der Waals surface area contributed by atoms with Crippen molar-refractivity contribution < 1.29 is 22.3 Å². The van der Waals surface area contributed by atoms with Crippen LogP contribution in [0.4, 0.5) is 10.1 Å². The number of sulfonamides is 1. The van der Waals surface area contributed by atoms with Gasteiger partial charge in [-0.15, -0.1) is 0 Å². The fourth-order valence-electron chi connectivity index (χ4n) is 3.86. The van der Waals surface area contributed by atoms with Crippen molar-refractivity contribution in [1.29, 1.82) is 0 Å². The lowest BCUT2D eigenvalue weighted by Gasteiger charge is -2.30. The van der Waals surface area contributed by atoms with Crippen molar-refractivity contribution >= 4 is 21.7 Å². The van der Waals surface area contributed by atoms with Crippen molar-refractivity contribution in [2.24, 2.45) is 0 Å². The molecule has 2 aromatic carbocycles. The number of piperidine rings is 1. The Morgan fingerprint density at radius 2 is 1.90 bits per heavy atom. The molecule has 0 aromatic heterocycles. The van der Waals surface area contributed by atoms with Crippen LogP contribution in [0.3, 0.4) is 0 Å². The van der Waals surface area contributed by atoms with Gasteiger partial charge in [0.2, 0.25) is 10.0 Å². The molecule has 0 spiro atoms. The second-order valence-electron chi connectivity index (χ2n) is 7.88. The first kappa shape index (κ1) is 23.2. The molecule has 6 nitrogen and oxygen atoms in total. The Morgan fingerprint density at radius 3 is 2.52 bits per heavy atom. The fourth-order valence-corrected chi connectivity index (χ4v) is 4.94. The highest BCUT2D eigenvalue weighted by Crippen LogP contribution is 2.31. The molecule has 0 aliphatic carbocycles. The maximum absolute atomic E-state index is 14.7. The zero-order valence-corrected chi connectivity index (χ0v) is 19.0. The lowest BCUT2D eigenvalue weighted by atomic mass is 9.89. The summed E-state index contributed by atoms with van der Waals surface area (Å²) in [5.74, 6) is -1.02. The van der Waals surface area contributed by atoms with Crippen LogP contribution in [-0.4, -0.2) is 52.3 Å². The van der Waals surface area contributed by atoms with E-state index in [9.17, 15) is 17.6 Å². The van der Waals surface area contributed by atoms with Gasteiger partial charge in [0.05, 0.1) is 30.7 Å². The molecule has 1 heterocycles. The molecule has 31 heavy (non-hydrogen) atoms. The first-order valence-corrected chi connectivity index (χ1v) is 12.0. The van der Waals surface area contributed by atoms with Crippen LogP contribution >= 0.6 is 0 Å². The summed E-state index contributed by atoms with van der Waals surface area (Å²) in [6, 6.07) is 11.5. The van der Waals surface area contributed by atoms with E-state index >= 15 is 0 Å². The number of ether oxygens (including phenoxy) is 1.